The Kier molecular flexibility index (Phi) is 4.13. The number of carbonyl (C=O) groups excluding carboxylic acids is 1. The lowest BCUT2D eigenvalue weighted by Crippen LogP contribution is -2.49. The molecular weight excluding hydrogens is 244 g/mol. The summed E-state index contributed by atoms with van der Waals surface area (Å²) in [7, 11) is 0. The van der Waals surface area contributed by atoms with Crippen LogP contribution >= 0.6 is 0 Å². The highest BCUT2D eigenvalue weighted by Gasteiger charge is 2.50. The highest BCUT2D eigenvalue weighted by molar-refractivity contribution is 5.81. The standard InChI is InChI=1S/C14H24N2O3/c1-8(2)16(6-5-11(17)18)14(19)12-9-3-4-10(7-9)13(12)15/h8-10,12-13H,3-7,15H2,1-2H3,(H,17,18). The van der Waals surface area contributed by atoms with E-state index >= 15 is 0 Å². The van der Waals surface area contributed by atoms with Crippen LogP contribution in [0.5, 0.6) is 0 Å². The molecule has 0 saturated heterocycles. The van der Waals surface area contributed by atoms with Gasteiger partial charge >= 0.3 is 5.97 Å². The van der Waals surface area contributed by atoms with Crippen molar-refractivity contribution in [2.45, 2.75) is 51.6 Å². The first-order valence-electron chi connectivity index (χ1n) is 7.19. The maximum absolute atomic E-state index is 12.7. The van der Waals surface area contributed by atoms with Crippen molar-refractivity contribution in [3.8, 4) is 0 Å². The Morgan fingerprint density at radius 1 is 1.32 bits per heavy atom. The van der Waals surface area contributed by atoms with E-state index in [9.17, 15) is 9.59 Å². The Morgan fingerprint density at radius 2 is 1.95 bits per heavy atom. The zero-order valence-corrected chi connectivity index (χ0v) is 11.7. The van der Waals surface area contributed by atoms with E-state index in [-0.39, 0.29) is 36.9 Å². The fraction of sp³-hybridized carbons (Fsp3) is 0.857. The van der Waals surface area contributed by atoms with E-state index in [0.717, 1.165) is 19.3 Å². The molecule has 1 amide bonds. The summed E-state index contributed by atoms with van der Waals surface area (Å²) in [4.78, 5) is 25.0. The Hall–Kier alpha value is -1.10. The van der Waals surface area contributed by atoms with E-state index < -0.39 is 5.97 Å². The van der Waals surface area contributed by atoms with Crippen LogP contribution in [0.15, 0.2) is 0 Å². The highest BCUT2D eigenvalue weighted by atomic mass is 16.4. The van der Waals surface area contributed by atoms with Crippen LogP contribution in [-0.2, 0) is 9.59 Å². The van der Waals surface area contributed by atoms with Gasteiger partial charge in [-0.3, -0.25) is 9.59 Å². The molecule has 3 N–H and O–H groups in total. The van der Waals surface area contributed by atoms with Crippen molar-refractivity contribution < 1.29 is 14.7 Å². The summed E-state index contributed by atoms with van der Waals surface area (Å²) in [5.74, 6) is 0.0209. The summed E-state index contributed by atoms with van der Waals surface area (Å²) in [6.07, 6.45) is 3.31. The first kappa shape index (κ1) is 14.3. The molecule has 5 heteroatoms. The summed E-state index contributed by atoms with van der Waals surface area (Å²) in [5, 5.41) is 8.79. The monoisotopic (exact) mass is 268 g/mol. The molecule has 2 rings (SSSR count). The van der Waals surface area contributed by atoms with Crippen LogP contribution in [0.1, 0.15) is 39.5 Å². The molecule has 2 aliphatic rings. The van der Waals surface area contributed by atoms with Gasteiger partial charge in [0.2, 0.25) is 5.91 Å². The smallest absolute Gasteiger partial charge is 0.305 e. The van der Waals surface area contributed by atoms with Gasteiger partial charge in [-0.25, -0.2) is 0 Å². The molecule has 2 bridgehead atoms. The number of hydrogen-bond donors (Lipinski definition) is 2. The number of amides is 1. The fourth-order valence-corrected chi connectivity index (χ4v) is 3.73. The maximum Gasteiger partial charge on any atom is 0.305 e. The Morgan fingerprint density at radius 3 is 2.42 bits per heavy atom. The third-order valence-electron chi connectivity index (χ3n) is 4.74. The van der Waals surface area contributed by atoms with E-state index in [2.05, 4.69) is 0 Å². The van der Waals surface area contributed by atoms with Gasteiger partial charge in [0.15, 0.2) is 0 Å². The zero-order chi connectivity index (χ0) is 14.2. The second-order valence-corrected chi connectivity index (χ2v) is 6.21. The van der Waals surface area contributed by atoms with Crippen molar-refractivity contribution in [2.75, 3.05) is 6.54 Å². The number of fused-ring (bicyclic) bond motifs is 2. The highest BCUT2D eigenvalue weighted by Crippen LogP contribution is 2.48. The molecule has 5 nitrogen and oxygen atoms in total. The van der Waals surface area contributed by atoms with E-state index in [1.165, 1.54) is 0 Å². The zero-order valence-electron chi connectivity index (χ0n) is 11.7. The third-order valence-corrected chi connectivity index (χ3v) is 4.74. The molecule has 0 aromatic heterocycles. The molecule has 0 spiro atoms. The minimum atomic E-state index is -0.865. The van der Waals surface area contributed by atoms with Gasteiger partial charge in [0, 0.05) is 18.6 Å². The van der Waals surface area contributed by atoms with Crippen molar-refractivity contribution in [3.63, 3.8) is 0 Å². The van der Waals surface area contributed by atoms with Crippen LogP contribution in [0, 0.1) is 17.8 Å². The molecule has 0 aliphatic heterocycles. The minimum Gasteiger partial charge on any atom is -0.481 e. The van der Waals surface area contributed by atoms with Gasteiger partial charge in [-0.2, -0.15) is 0 Å². The topological polar surface area (TPSA) is 83.6 Å². The number of aliphatic carboxylic acids is 1. The number of carboxylic acid groups (broad SMARTS) is 1. The lowest BCUT2D eigenvalue weighted by Gasteiger charge is -2.34. The van der Waals surface area contributed by atoms with E-state index in [0.29, 0.717) is 11.8 Å². The Balaban J connectivity index is 2.05. The van der Waals surface area contributed by atoms with Gasteiger partial charge in [-0.1, -0.05) is 0 Å². The number of nitrogens with two attached hydrogens (primary N) is 1. The average Bonchev–Trinajstić information content (AvgIpc) is 2.88. The summed E-state index contributed by atoms with van der Waals surface area (Å²) in [5.41, 5.74) is 6.20. The van der Waals surface area contributed by atoms with E-state index in [1.807, 2.05) is 13.8 Å². The molecule has 2 aliphatic carbocycles. The molecule has 0 aromatic carbocycles. The maximum atomic E-state index is 12.7. The normalized spacial score (nSPS) is 32.8. The van der Waals surface area contributed by atoms with Crippen LogP contribution in [0.2, 0.25) is 0 Å². The second-order valence-electron chi connectivity index (χ2n) is 6.21. The number of rotatable bonds is 5. The van der Waals surface area contributed by atoms with Crippen molar-refractivity contribution in [1.29, 1.82) is 0 Å². The van der Waals surface area contributed by atoms with Crippen molar-refractivity contribution in [2.24, 2.45) is 23.5 Å². The minimum absolute atomic E-state index is 0.0000265. The number of hydrogen-bond acceptors (Lipinski definition) is 3. The molecule has 0 radical (unpaired) electrons. The van der Waals surface area contributed by atoms with Gasteiger partial charge in [0.05, 0.1) is 12.3 Å². The van der Waals surface area contributed by atoms with E-state index in [1.54, 1.807) is 4.90 Å². The quantitative estimate of drug-likeness (QED) is 0.781. The summed E-state index contributed by atoms with van der Waals surface area (Å²) in [6, 6.07) is -0.00416. The first-order valence-corrected chi connectivity index (χ1v) is 7.19. The number of carbonyl (C=O) groups is 2. The molecule has 4 atom stereocenters. The molecule has 0 heterocycles. The lowest BCUT2D eigenvalue weighted by molar-refractivity contribution is -0.142. The summed E-state index contributed by atoms with van der Waals surface area (Å²) in [6.45, 7) is 4.14. The largest absolute Gasteiger partial charge is 0.481 e. The van der Waals surface area contributed by atoms with Crippen molar-refractivity contribution >= 4 is 11.9 Å². The molecule has 4 unspecified atom stereocenters. The van der Waals surface area contributed by atoms with Crippen LogP contribution in [-0.4, -0.2) is 40.5 Å². The van der Waals surface area contributed by atoms with E-state index in [4.69, 9.17) is 10.8 Å². The van der Waals surface area contributed by atoms with Gasteiger partial charge < -0.3 is 15.7 Å². The summed E-state index contributed by atoms with van der Waals surface area (Å²) < 4.78 is 0. The predicted octanol–water partition coefficient (Wildman–Crippen LogP) is 1.07. The number of nitrogens with zero attached hydrogens (tertiary/aromatic N) is 1. The molecule has 2 saturated carbocycles. The Labute approximate surface area is 114 Å². The molecule has 108 valence electrons. The van der Waals surface area contributed by atoms with Crippen LogP contribution in [0.25, 0.3) is 0 Å². The third kappa shape index (κ3) is 2.76. The molecule has 2 fully saturated rings. The van der Waals surface area contributed by atoms with Crippen LogP contribution in [0.3, 0.4) is 0 Å². The molecule has 0 aromatic rings. The van der Waals surface area contributed by atoms with Crippen LogP contribution in [0.4, 0.5) is 0 Å². The number of carboxylic acids is 1. The first-order chi connectivity index (χ1) is 8.91. The fourth-order valence-electron chi connectivity index (χ4n) is 3.73. The van der Waals surface area contributed by atoms with Crippen molar-refractivity contribution in [3.05, 3.63) is 0 Å². The van der Waals surface area contributed by atoms with Gasteiger partial charge in [0.1, 0.15) is 0 Å². The summed E-state index contributed by atoms with van der Waals surface area (Å²) >= 11 is 0. The predicted molar refractivity (Wildman–Crippen MR) is 71.4 cm³/mol. The average molecular weight is 268 g/mol. The van der Waals surface area contributed by atoms with Gasteiger partial charge in [-0.05, 0) is 44.9 Å². The molecular formula is C14H24N2O3. The molecule has 19 heavy (non-hydrogen) atoms. The lowest BCUT2D eigenvalue weighted by atomic mass is 9.83. The van der Waals surface area contributed by atoms with Gasteiger partial charge in [-0.15, -0.1) is 0 Å². The van der Waals surface area contributed by atoms with Crippen LogP contribution < -0.4 is 5.73 Å². The second kappa shape index (κ2) is 5.49. The SMILES string of the molecule is CC(C)N(CCC(=O)O)C(=O)C1C2CCC(C2)C1N. The van der Waals surface area contributed by atoms with Gasteiger partial charge in [0.25, 0.3) is 0 Å². The Bertz CT molecular complexity index is 368. The van der Waals surface area contributed by atoms with Crippen molar-refractivity contribution in [1.82, 2.24) is 4.90 Å².